The van der Waals surface area contributed by atoms with Crippen LogP contribution in [-0.4, -0.2) is 43.7 Å². The van der Waals surface area contributed by atoms with Gasteiger partial charge < -0.3 is 14.7 Å². The average molecular weight is 236 g/mol. The van der Waals surface area contributed by atoms with E-state index in [1.54, 1.807) is 24.3 Å². The first kappa shape index (κ1) is 12.1. The van der Waals surface area contributed by atoms with Gasteiger partial charge in [0, 0.05) is 5.56 Å². The third-order valence-corrected chi connectivity index (χ3v) is 3.09. The molecule has 2 rings (SSSR count). The summed E-state index contributed by atoms with van der Waals surface area (Å²) in [4.78, 5) is 13.3. The second kappa shape index (κ2) is 5.80. The van der Waals surface area contributed by atoms with Gasteiger partial charge >= 0.3 is 0 Å². The number of carbonyl (C=O) groups is 1. The van der Waals surface area contributed by atoms with Crippen molar-refractivity contribution in [3.8, 4) is 5.75 Å². The second-order valence-electron chi connectivity index (χ2n) is 4.33. The average Bonchev–Trinajstić information content (AvgIpc) is 2.38. The van der Waals surface area contributed by atoms with Crippen LogP contribution in [0.15, 0.2) is 24.3 Å². The lowest BCUT2D eigenvalue weighted by atomic mass is 10.1. The molecule has 0 spiro atoms. The van der Waals surface area contributed by atoms with Crippen LogP contribution in [0.4, 0.5) is 0 Å². The number of phenolic OH excluding ortho intramolecular Hbond substituents is 1. The third kappa shape index (κ3) is 3.54. The minimum atomic E-state index is 0.143. The van der Waals surface area contributed by atoms with E-state index in [-0.39, 0.29) is 11.5 Å². The first-order valence-corrected chi connectivity index (χ1v) is 5.99. The molecule has 4 nitrogen and oxygen atoms in total. The summed E-state index contributed by atoms with van der Waals surface area (Å²) in [5.41, 5.74) is 0.676. The zero-order chi connectivity index (χ0) is 12.1. The zero-order valence-corrected chi connectivity index (χ0v) is 9.82. The number of Topliss-reactive ketones (excluding diaryl/α,β-unsaturated/α-hetero) is 1. The maximum atomic E-state index is 11.9. The molecule has 0 unspecified atom stereocenters. The van der Waals surface area contributed by atoms with Crippen molar-refractivity contribution >= 4 is 5.78 Å². The number of ketones is 1. The Bertz CT molecular complexity index is 369. The summed E-state index contributed by atoms with van der Waals surface area (Å²) in [6.07, 6.45) is 0.556. The summed E-state index contributed by atoms with van der Waals surface area (Å²) in [5, 5.41) is 9.14. The Morgan fingerprint density at radius 3 is 2.53 bits per heavy atom. The van der Waals surface area contributed by atoms with Gasteiger partial charge in [0.05, 0.1) is 26.2 Å². The molecule has 1 aromatic carbocycles. The molecule has 1 aromatic rings. The van der Waals surface area contributed by atoms with Crippen molar-refractivity contribution in [3.63, 3.8) is 0 Å². The van der Waals surface area contributed by atoms with Crippen LogP contribution in [0.1, 0.15) is 16.8 Å². The summed E-state index contributed by atoms with van der Waals surface area (Å²) < 4.78 is 5.27. The van der Waals surface area contributed by atoms with Gasteiger partial charge in [-0.25, -0.2) is 0 Å². The Morgan fingerprint density at radius 1 is 1.24 bits per heavy atom. The fourth-order valence-electron chi connectivity index (χ4n) is 1.99. The van der Waals surface area contributed by atoms with Crippen molar-refractivity contribution < 1.29 is 19.5 Å². The number of hydrogen-bond donors (Lipinski definition) is 2. The fraction of sp³-hybridized carbons (Fsp3) is 0.462. The summed E-state index contributed by atoms with van der Waals surface area (Å²) in [5.74, 6) is 0.337. The van der Waals surface area contributed by atoms with Crippen molar-refractivity contribution in [1.82, 2.24) is 0 Å². The maximum Gasteiger partial charge on any atom is 0.168 e. The van der Waals surface area contributed by atoms with Crippen molar-refractivity contribution in [1.29, 1.82) is 0 Å². The van der Waals surface area contributed by atoms with Crippen molar-refractivity contribution in [2.45, 2.75) is 6.42 Å². The van der Waals surface area contributed by atoms with Crippen molar-refractivity contribution in [2.75, 3.05) is 32.8 Å². The molecule has 1 heterocycles. The standard InChI is InChI=1S/C13H17NO3/c15-12-3-1-11(2-4-12)13(16)5-6-14-7-9-17-10-8-14/h1-4,15H,5-10H2/p+1. The van der Waals surface area contributed by atoms with Crippen LogP contribution in [0, 0.1) is 0 Å². The van der Waals surface area contributed by atoms with Gasteiger partial charge in [0.25, 0.3) is 0 Å². The molecule has 2 N–H and O–H groups in total. The third-order valence-electron chi connectivity index (χ3n) is 3.09. The van der Waals surface area contributed by atoms with E-state index in [9.17, 15) is 4.79 Å². The second-order valence-corrected chi connectivity index (χ2v) is 4.33. The molecule has 0 radical (unpaired) electrons. The number of benzene rings is 1. The largest absolute Gasteiger partial charge is 0.508 e. The van der Waals surface area contributed by atoms with E-state index in [0.717, 1.165) is 32.8 Å². The Morgan fingerprint density at radius 2 is 1.88 bits per heavy atom. The van der Waals surface area contributed by atoms with Gasteiger partial charge in [-0.2, -0.15) is 0 Å². The number of nitrogens with one attached hydrogen (secondary N) is 1. The van der Waals surface area contributed by atoms with Crippen molar-refractivity contribution in [2.24, 2.45) is 0 Å². The first-order chi connectivity index (χ1) is 8.25. The van der Waals surface area contributed by atoms with E-state index in [4.69, 9.17) is 9.84 Å². The monoisotopic (exact) mass is 236 g/mol. The van der Waals surface area contributed by atoms with Gasteiger partial charge in [-0.05, 0) is 24.3 Å². The highest BCUT2D eigenvalue weighted by Crippen LogP contribution is 2.10. The predicted molar refractivity (Wildman–Crippen MR) is 63.4 cm³/mol. The van der Waals surface area contributed by atoms with Crippen LogP contribution in [0.5, 0.6) is 5.75 Å². The predicted octanol–water partition coefficient (Wildman–Crippen LogP) is -0.120. The Hall–Kier alpha value is -1.39. The Balaban J connectivity index is 1.82. The number of hydrogen-bond acceptors (Lipinski definition) is 3. The molecule has 1 fully saturated rings. The smallest absolute Gasteiger partial charge is 0.168 e. The highest BCUT2D eigenvalue weighted by atomic mass is 16.5. The van der Waals surface area contributed by atoms with E-state index < -0.39 is 0 Å². The van der Waals surface area contributed by atoms with Gasteiger partial charge in [-0.3, -0.25) is 4.79 Å². The molecular formula is C13H18NO3+. The quantitative estimate of drug-likeness (QED) is 0.717. The molecule has 17 heavy (non-hydrogen) atoms. The lowest BCUT2D eigenvalue weighted by Crippen LogP contribution is -3.14. The SMILES string of the molecule is O=C(CC[NH+]1CCOCC1)c1ccc(O)cc1. The molecule has 0 saturated carbocycles. The van der Waals surface area contributed by atoms with Crippen LogP contribution in [0.25, 0.3) is 0 Å². The van der Waals surface area contributed by atoms with E-state index in [0.29, 0.717) is 12.0 Å². The molecule has 1 saturated heterocycles. The van der Waals surface area contributed by atoms with Crippen LogP contribution in [-0.2, 0) is 4.74 Å². The van der Waals surface area contributed by atoms with E-state index in [1.165, 1.54) is 4.90 Å². The van der Waals surface area contributed by atoms with E-state index in [1.807, 2.05) is 0 Å². The number of phenols is 1. The highest BCUT2D eigenvalue weighted by Gasteiger charge is 2.15. The molecule has 1 aliphatic rings. The number of carbonyl (C=O) groups excluding carboxylic acids is 1. The van der Waals surface area contributed by atoms with Gasteiger partial charge in [0.15, 0.2) is 5.78 Å². The highest BCUT2D eigenvalue weighted by molar-refractivity contribution is 5.96. The van der Waals surface area contributed by atoms with Gasteiger partial charge in [0.1, 0.15) is 18.8 Å². The number of aromatic hydroxyl groups is 1. The first-order valence-electron chi connectivity index (χ1n) is 5.99. The topological polar surface area (TPSA) is 51.0 Å². The molecule has 4 heteroatoms. The molecule has 0 atom stereocenters. The van der Waals surface area contributed by atoms with Crippen molar-refractivity contribution in [3.05, 3.63) is 29.8 Å². The van der Waals surface area contributed by atoms with Gasteiger partial charge in [-0.1, -0.05) is 0 Å². The van der Waals surface area contributed by atoms with E-state index >= 15 is 0 Å². The molecule has 1 aliphatic heterocycles. The minimum absolute atomic E-state index is 0.143. The number of morpholine rings is 1. The summed E-state index contributed by atoms with van der Waals surface area (Å²) in [6, 6.07) is 6.45. The van der Waals surface area contributed by atoms with Gasteiger partial charge in [0.2, 0.25) is 0 Å². The van der Waals surface area contributed by atoms with Gasteiger partial charge in [-0.15, -0.1) is 0 Å². The lowest BCUT2D eigenvalue weighted by Gasteiger charge is -2.23. The lowest BCUT2D eigenvalue weighted by molar-refractivity contribution is -0.907. The van der Waals surface area contributed by atoms with Crippen LogP contribution in [0.3, 0.4) is 0 Å². The normalized spacial score (nSPS) is 16.9. The molecule has 0 amide bonds. The molecule has 0 bridgehead atoms. The molecule has 92 valence electrons. The number of quaternary nitrogens is 1. The number of ether oxygens (including phenoxy) is 1. The maximum absolute atomic E-state index is 11.9. The van der Waals surface area contributed by atoms with Crippen LogP contribution < -0.4 is 4.90 Å². The Kier molecular flexibility index (Phi) is 4.12. The van der Waals surface area contributed by atoms with Crippen LogP contribution >= 0.6 is 0 Å². The zero-order valence-electron chi connectivity index (χ0n) is 9.82. The molecule has 0 aromatic heterocycles. The Labute approximate surface area is 101 Å². The molecular weight excluding hydrogens is 218 g/mol. The van der Waals surface area contributed by atoms with E-state index in [2.05, 4.69) is 0 Å². The number of rotatable bonds is 4. The summed E-state index contributed by atoms with van der Waals surface area (Å²) >= 11 is 0. The molecule has 0 aliphatic carbocycles. The summed E-state index contributed by atoms with van der Waals surface area (Å²) in [6.45, 7) is 4.43. The fourth-order valence-corrected chi connectivity index (χ4v) is 1.99. The minimum Gasteiger partial charge on any atom is -0.508 e. The summed E-state index contributed by atoms with van der Waals surface area (Å²) in [7, 11) is 0. The van der Waals surface area contributed by atoms with Crippen LogP contribution in [0.2, 0.25) is 0 Å².